The second kappa shape index (κ2) is 6.41. The van der Waals surface area contributed by atoms with Gasteiger partial charge in [0, 0.05) is 12.1 Å². The highest BCUT2D eigenvalue weighted by Crippen LogP contribution is 2.25. The zero-order chi connectivity index (χ0) is 15.5. The first-order chi connectivity index (χ1) is 10.6. The minimum atomic E-state index is 0.316. The van der Waals surface area contributed by atoms with Crippen LogP contribution in [0.25, 0.3) is 0 Å². The number of phenols is 2. The standard InChI is InChI=1S/C19H23NO2/c1-13(10-14-2-7-18(21)8-3-14)20-17-6-4-16-12-19(22)9-5-15(16)11-17/h2-3,5,7-9,12-13,17,20-22H,4,6,10-11H2,1H3/t13-,17+/m1/s1. The van der Waals surface area contributed by atoms with Crippen molar-refractivity contribution >= 4 is 0 Å². The van der Waals surface area contributed by atoms with Crippen molar-refractivity contribution in [2.75, 3.05) is 0 Å². The smallest absolute Gasteiger partial charge is 0.115 e. The van der Waals surface area contributed by atoms with Gasteiger partial charge in [0.25, 0.3) is 0 Å². The third-order valence-corrected chi connectivity index (χ3v) is 4.42. The summed E-state index contributed by atoms with van der Waals surface area (Å²) in [5, 5.41) is 22.6. The topological polar surface area (TPSA) is 52.5 Å². The van der Waals surface area contributed by atoms with Crippen molar-refractivity contribution in [3.8, 4) is 11.5 Å². The van der Waals surface area contributed by atoms with Crippen LogP contribution in [-0.4, -0.2) is 22.3 Å². The third-order valence-electron chi connectivity index (χ3n) is 4.42. The van der Waals surface area contributed by atoms with E-state index >= 15 is 0 Å². The first-order valence-corrected chi connectivity index (χ1v) is 7.95. The Kier molecular flexibility index (Phi) is 4.34. The first-order valence-electron chi connectivity index (χ1n) is 7.95. The van der Waals surface area contributed by atoms with Crippen molar-refractivity contribution in [1.82, 2.24) is 5.32 Å². The summed E-state index contributed by atoms with van der Waals surface area (Å²) in [6.07, 6.45) is 4.11. The number of rotatable bonds is 4. The maximum Gasteiger partial charge on any atom is 0.115 e. The number of nitrogens with one attached hydrogen (secondary N) is 1. The fraction of sp³-hybridized carbons (Fsp3) is 0.368. The summed E-state index contributed by atoms with van der Waals surface area (Å²) in [6, 6.07) is 14.0. The highest BCUT2D eigenvalue weighted by atomic mass is 16.3. The van der Waals surface area contributed by atoms with E-state index in [9.17, 15) is 10.2 Å². The van der Waals surface area contributed by atoms with Gasteiger partial charge in [-0.2, -0.15) is 0 Å². The summed E-state index contributed by atoms with van der Waals surface area (Å²) in [4.78, 5) is 0. The van der Waals surface area contributed by atoms with Crippen molar-refractivity contribution < 1.29 is 10.2 Å². The van der Waals surface area contributed by atoms with E-state index < -0.39 is 0 Å². The van der Waals surface area contributed by atoms with Gasteiger partial charge in [0.1, 0.15) is 11.5 Å². The molecule has 0 fully saturated rings. The molecule has 2 atom stereocenters. The van der Waals surface area contributed by atoms with Gasteiger partial charge in [0.05, 0.1) is 0 Å². The van der Waals surface area contributed by atoms with Crippen LogP contribution in [0.2, 0.25) is 0 Å². The molecule has 3 rings (SSSR count). The molecule has 0 unspecified atom stereocenters. The summed E-state index contributed by atoms with van der Waals surface area (Å²) in [7, 11) is 0. The Hall–Kier alpha value is -2.00. The Bertz CT molecular complexity index is 636. The Labute approximate surface area is 131 Å². The number of hydrogen-bond acceptors (Lipinski definition) is 3. The van der Waals surface area contributed by atoms with E-state index in [4.69, 9.17) is 0 Å². The molecular weight excluding hydrogens is 274 g/mol. The number of fused-ring (bicyclic) bond motifs is 1. The summed E-state index contributed by atoms with van der Waals surface area (Å²) in [5.74, 6) is 0.683. The van der Waals surface area contributed by atoms with Crippen LogP contribution in [0, 0.1) is 0 Å². The van der Waals surface area contributed by atoms with Crippen LogP contribution in [0.5, 0.6) is 11.5 Å². The second-order valence-electron chi connectivity index (χ2n) is 6.33. The molecule has 0 saturated heterocycles. The lowest BCUT2D eigenvalue weighted by Gasteiger charge is -2.28. The zero-order valence-corrected chi connectivity index (χ0v) is 12.9. The molecule has 3 nitrogen and oxygen atoms in total. The number of phenolic OH excluding ortho intramolecular Hbond substituents is 2. The first kappa shape index (κ1) is 14.9. The van der Waals surface area contributed by atoms with E-state index in [-0.39, 0.29) is 0 Å². The fourth-order valence-electron chi connectivity index (χ4n) is 3.33. The van der Waals surface area contributed by atoms with Crippen molar-refractivity contribution in [2.45, 2.75) is 44.7 Å². The maximum atomic E-state index is 9.55. The van der Waals surface area contributed by atoms with Crippen LogP contribution >= 0.6 is 0 Å². The summed E-state index contributed by atoms with van der Waals surface area (Å²) in [6.45, 7) is 2.21. The van der Waals surface area contributed by atoms with Gasteiger partial charge >= 0.3 is 0 Å². The fourth-order valence-corrected chi connectivity index (χ4v) is 3.33. The predicted molar refractivity (Wildman–Crippen MR) is 88.3 cm³/mol. The van der Waals surface area contributed by atoms with Crippen LogP contribution < -0.4 is 5.32 Å². The molecule has 1 aliphatic rings. The van der Waals surface area contributed by atoms with E-state index in [0.717, 1.165) is 25.7 Å². The van der Waals surface area contributed by atoms with Crippen LogP contribution in [0.4, 0.5) is 0 Å². The van der Waals surface area contributed by atoms with E-state index in [1.807, 2.05) is 24.3 Å². The Morgan fingerprint density at radius 1 is 1.05 bits per heavy atom. The molecule has 116 valence electrons. The number of benzene rings is 2. The SMILES string of the molecule is C[C@H](Cc1ccc(O)cc1)N[C@H]1CCc2cc(O)ccc2C1. The van der Waals surface area contributed by atoms with Crippen LogP contribution in [-0.2, 0) is 19.3 Å². The minimum Gasteiger partial charge on any atom is -0.508 e. The highest BCUT2D eigenvalue weighted by molar-refractivity contribution is 5.37. The summed E-state index contributed by atoms with van der Waals surface area (Å²) >= 11 is 0. The van der Waals surface area contributed by atoms with Gasteiger partial charge in [-0.25, -0.2) is 0 Å². The average Bonchev–Trinajstić information content (AvgIpc) is 2.50. The van der Waals surface area contributed by atoms with Gasteiger partial charge in [-0.3, -0.25) is 0 Å². The predicted octanol–water partition coefficient (Wildman–Crippen LogP) is 3.18. The zero-order valence-electron chi connectivity index (χ0n) is 12.9. The average molecular weight is 297 g/mol. The van der Waals surface area contributed by atoms with E-state index in [2.05, 4.69) is 12.2 Å². The van der Waals surface area contributed by atoms with Crippen molar-refractivity contribution in [3.63, 3.8) is 0 Å². The molecule has 0 aromatic heterocycles. The lowest BCUT2D eigenvalue weighted by Crippen LogP contribution is -2.41. The number of aromatic hydroxyl groups is 2. The molecule has 1 aliphatic carbocycles. The molecule has 0 bridgehead atoms. The van der Waals surface area contributed by atoms with Crippen LogP contribution in [0.1, 0.15) is 30.0 Å². The monoisotopic (exact) mass is 297 g/mol. The van der Waals surface area contributed by atoms with Gasteiger partial charge < -0.3 is 15.5 Å². The third kappa shape index (κ3) is 3.60. The van der Waals surface area contributed by atoms with Gasteiger partial charge in [-0.1, -0.05) is 18.2 Å². The maximum absolute atomic E-state index is 9.55. The second-order valence-corrected chi connectivity index (χ2v) is 6.33. The summed E-state index contributed by atoms with van der Waals surface area (Å²) in [5.41, 5.74) is 3.86. The van der Waals surface area contributed by atoms with Crippen molar-refractivity contribution in [2.24, 2.45) is 0 Å². The minimum absolute atomic E-state index is 0.316. The van der Waals surface area contributed by atoms with Gasteiger partial charge in [0.15, 0.2) is 0 Å². The van der Waals surface area contributed by atoms with Crippen LogP contribution in [0.3, 0.4) is 0 Å². The van der Waals surface area contributed by atoms with Gasteiger partial charge in [-0.15, -0.1) is 0 Å². The van der Waals surface area contributed by atoms with E-state index in [1.54, 1.807) is 18.2 Å². The van der Waals surface area contributed by atoms with Crippen LogP contribution in [0.15, 0.2) is 42.5 Å². The molecule has 3 heteroatoms. The quantitative estimate of drug-likeness (QED) is 0.812. The van der Waals surface area contributed by atoms with E-state index in [1.165, 1.54) is 16.7 Å². The van der Waals surface area contributed by atoms with E-state index in [0.29, 0.717) is 23.6 Å². The molecular formula is C19H23NO2. The Morgan fingerprint density at radius 3 is 2.55 bits per heavy atom. The number of aryl methyl sites for hydroxylation is 1. The van der Waals surface area contributed by atoms with Gasteiger partial charge in [0.2, 0.25) is 0 Å². The molecule has 3 N–H and O–H groups in total. The lowest BCUT2D eigenvalue weighted by atomic mass is 9.87. The summed E-state index contributed by atoms with van der Waals surface area (Å²) < 4.78 is 0. The molecule has 0 radical (unpaired) electrons. The molecule has 0 heterocycles. The number of hydrogen-bond donors (Lipinski definition) is 3. The Morgan fingerprint density at radius 2 is 1.77 bits per heavy atom. The molecule has 22 heavy (non-hydrogen) atoms. The molecule has 0 aliphatic heterocycles. The normalized spacial score (nSPS) is 18.7. The Balaban J connectivity index is 1.57. The lowest BCUT2D eigenvalue weighted by molar-refractivity contribution is 0.403. The van der Waals surface area contributed by atoms with Crippen molar-refractivity contribution in [3.05, 3.63) is 59.2 Å². The molecule has 0 saturated carbocycles. The molecule has 0 amide bonds. The molecule has 2 aromatic carbocycles. The molecule has 0 spiro atoms. The highest BCUT2D eigenvalue weighted by Gasteiger charge is 2.20. The van der Waals surface area contributed by atoms with Crippen molar-refractivity contribution in [1.29, 1.82) is 0 Å². The van der Waals surface area contributed by atoms with Gasteiger partial charge in [-0.05, 0) is 73.6 Å². The largest absolute Gasteiger partial charge is 0.508 e. The molecule has 2 aromatic rings.